The summed E-state index contributed by atoms with van der Waals surface area (Å²) in [5, 5.41) is 2.23. The van der Waals surface area contributed by atoms with Crippen LogP contribution in [0.5, 0.6) is 11.5 Å². The van der Waals surface area contributed by atoms with Crippen LogP contribution in [0.1, 0.15) is 0 Å². The van der Waals surface area contributed by atoms with E-state index in [2.05, 4.69) is 0 Å². The maximum absolute atomic E-state index is 11.9. The first kappa shape index (κ1) is 10.7. The third kappa shape index (κ3) is 1.37. The van der Waals surface area contributed by atoms with Crippen molar-refractivity contribution in [2.75, 3.05) is 6.79 Å². The topological polar surface area (TPSA) is 48.7 Å². The predicted octanol–water partition coefficient (Wildman–Crippen LogP) is 3.33. The van der Waals surface area contributed by atoms with Gasteiger partial charge in [0.1, 0.15) is 5.58 Å². The maximum atomic E-state index is 11.9. The van der Waals surface area contributed by atoms with Crippen LogP contribution in [0, 0.1) is 0 Å². The van der Waals surface area contributed by atoms with Gasteiger partial charge in [-0.1, -0.05) is 17.7 Å². The van der Waals surface area contributed by atoms with Crippen LogP contribution in [0.15, 0.2) is 39.5 Å². The van der Waals surface area contributed by atoms with Crippen LogP contribution in [0.4, 0.5) is 0 Å². The standard InChI is InChI=1S/C14H7ClO4/c15-8-3-1-2-7-11(8)12-9(19-14(7)16)4-5-10-13(12)18-6-17-10/h1-5H,6H2. The molecular formula is C14H7ClO4. The highest BCUT2D eigenvalue weighted by molar-refractivity contribution is 6.38. The quantitative estimate of drug-likeness (QED) is 0.466. The minimum atomic E-state index is -0.413. The van der Waals surface area contributed by atoms with E-state index >= 15 is 0 Å². The van der Waals surface area contributed by atoms with Gasteiger partial charge >= 0.3 is 5.63 Å². The molecule has 2 aromatic carbocycles. The van der Waals surface area contributed by atoms with E-state index in [-0.39, 0.29) is 6.79 Å². The average molecular weight is 275 g/mol. The molecular weight excluding hydrogens is 268 g/mol. The number of ether oxygens (including phenoxy) is 2. The van der Waals surface area contributed by atoms with E-state index in [4.69, 9.17) is 25.5 Å². The molecule has 94 valence electrons. The second kappa shape index (κ2) is 3.65. The fourth-order valence-corrected chi connectivity index (χ4v) is 2.65. The van der Waals surface area contributed by atoms with Gasteiger partial charge < -0.3 is 13.9 Å². The van der Waals surface area contributed by atoms with Crippen LogP contribution in [0.2, 0.25) is 5.02 Å². The van der Waals surface area contributed by atoms with Gasteiger partial charge in [0.15, 0.2) is 11.5 Å². The summed E-state index contributed by atoms with van der Waals surface area (Å²) < 4.78 is 16.1. The summed E-state index contributed by atoms with van der Waals surface area (Å²) in [4.78, 5) is 11.9. The molecule has 1 aliphatic rings. The van der Waals surface area contributed by atoms with Crippen molar-refractivity contribution < 1.29 is 13.9 Å². The Labute approximate surface area is 112 Å². The monoisotopic (exact) mass is 274 g/mol. The fraction of sp³-hybridized carbons (Fsp3) is 0.0714. The number of rotatable bonds is 0. The first-order valence-corrected chi connectivity index (χ1v) is 6.07. The first-order valence-electron chi connectivity index (χ1n) is 5.69. The number of benzene rings is 2. The lowest BCUT2D eigenvalue weighted by molar-refractivity contribution is 0.175. The van der Waals surface area contributed by atoms with E-state index in [1.807, 2.05) is 0 Å². The van der Waals surface area contributed by atoms with Crippen molar-refractivity contribution in [3.63, 3.8) is 0 Å². The molecule has 0 saturated heterocycles. The first-order chi connectivity index (χ1) is 9.25. The lowest BCUT2D eigenvalue weighted by atomic mass is 10.1. The Morgan fingerprint density at radius 2 is 1.95 bits per heavy atom. The molecule has 0 radical (unpaired) electrons. The lowest BCUT2D eigenvalue weighted by Crippen LogP contribution is -2.00. The SMILES string of the molecule is O=c1oc2ccc3c(c2c2c(Cl)cccc12)OCO3. The molecule has 5 heteroatoms. The Bertz CT molecular complexity index is 882. The van der Waals surface area contributed by atoms with Gasteiger partial charge in [-0.05, 0) is 24.3 Å². The van der Waals surface area contributed by atoms with Crippen molar-refractivity contribution in [1.29, 1.82) is 0 Å². The zero-order chi connectivity index (χ0) is 13.0. The molecule has 0 unspecified atom stereocenters. The summed E-state index contributed by atoms with van der Waals surface area (Å²) in [5.74, 6) is 1.20. The van der Waals surface area contributed by atoms with Crippen molar-refractivity contribution >= 4 is 33.3 Å². The van der Waals surface area contributed by atoms with Crippen molar-refractivity contribution in [1.82, 2.24) is 0 Å². The minimum Gasteiger partial charge on any atom is -0.454 e. The van der Waals surface area contributed by atoms with E-state index in [0.717, 1.165) is 0 Å². The van der Waals surface area contributed by atoms with Crippen LogP contribution in [-0.2, 0) is 0 Å². The summed E-state index contributed by atoms with van der Waals surface area (Å²) in [6, 6.07) is 8.54. The van der Waals surface area contributed by atoms with E-state index < -0.39 is 5.63 Å². The van der Waals surface area contributed by atoms with E-state index in [0.29, 0.717) is 38.3 Å². The molecule has 4 rings (SSSR count). The maximum Gasteiger partial charge on any atom is 0.344 e. The zero-order valence-electron chi connectivity index (χ0n) is 9.60. The van der Waals surface area contributed by atoms with Gasteiger partial charge in [0.2, 0.25) is 6.79 Å². The van der Waals surface area contributed by atoms with Gasteiger partial charge in [0.25, 0.3) is 0 Å². The van der Waals surface area contributed by atoms with Crippen LogP contribution in [0.3, 0.4) is 0 Å². The number of hydrogen-bond acceptors (Lipinski definition) is 4. The predicted molar refractivity (Wildman–Crippen MR) is 71.1 cm³/mol. The Balaban J connectivity index is 2.36. The van der Waals surface area contributed by atoms with Crippen molar-refractivity contribution in [3.05, 3.63) is 45.8 Å². The van der Waals surface area contributed by atoms with Crippen LogP contribution in [0.25, 0.3) is 21.7 Å². The highest BCUT2D eigenvalue weighted by atomic mass is 35.5. The van der Waals surface area contributed by atoms with Crippen molar-refractivity contribution in [2.45, 2.75) is 0 Å². The van der Waals surface area contributed by atoms with Gasteiger partial charge in [-0.15, -0.1) is 0 Å². The van der Waals surface area contributed by atoms with Crippen LogP contribution < -0.4 is 15.1 Å². The molecule has 1 aromatic heterocycles. The van der Waals surface area contributed by atoms with E-state index in [1.54, 1.807) is 30.3 Å². The molecule has 0 aliphatic carbocycles. The van der Waals surface area contributed by atoms with Crippen molar-refractivity contribution in [3.8, 4) is 11.5 Å². The van der Waals surface area contributed by atoms with Crippen LogP contribution >= 0.6 is 11.6 Å². The fourth-order valence-electron chi connectivity index (χ4n) is 2.38. The molecule has 0 fully saturated rings. The molecule has 0 atom stereocenters. The zero-order valence-corrected chi connectivity index (χ0v) is 10.4. The van der Waals surface area contributed by atoms with Crippen molar-refractivity contribution in [2.24, 2.45) is 0 Å². The molecule has 19 heavy (non-hydrogen) atoms. The third-order valence-electron chi connectivity index (χ3n) is 3.19. The molecule has 0 bridgehead atoms. The van der Waals surface area contributed by atoms with E-state index in [1.165, 1.54) is 0 Å². The Hall–Kier alpha value is -2.20. The summed E-state index contributed by atoms with van der Waals surface area (Å²) in [6.45, 7) is 0.152. The Kier molecular flexibility index (Phi) is 2.05. The second-order valence-corrected chi connectivity index (χ2v) is 4.63. The molecule has 4 nitrogen and oxygen atoms in total. The average Bonchev–Trinajstić information content (AvgIpc) is 2.87. The normalized spacial score (nSPS) is 13.3. The summed E-state index contributed by atoms with van der Waals surface area (Å²) in [7, 11) is 0. The third-order valence-corrected chi connectivity index (χ3v) is 3.50. The van der Waals surface area contributed by atoms with E-state index in [9.17, 15) is 4.79 Å². The van der Waals surface area contributed by atoms with Gasteiger partial charge in [-0.25, -0.2) is 4.79 Å². The number of hydrogen-bond donors (Lipinski definition) is 0. The summed E-state index contributed by atoms with van der Waals surface area (Å²) in [5.41, 5.74) is 0.0266. The van der Waals surface area contributed by atoms with Crippen LogP contribution in [-0.4, -0.2) is 6.79 Å². The molecule has 1 aliphatic heterocycles. The van der Waals surface area contributed by atoms with Gasteiger partial charge in [-0.2, -0.15) is 0 Å². The molecule has 3 aromatic rings. The highest BCUT2D eigenvalue weighted by Crippen LogP contribution is 2.43. The smallest absolute Gasteiger partial charge is 0.344 e. The highest BCUT2D eigenvalue weighted by Gasteiger charge is 2.21. The lowest BCUT2D eigenvalue weighted by Gasteiger charge is -2.06. The second-order valence-electron chi connectivity index (χ2n) is 4.22. The molecule has 2 heterocycles. The summed E-state index contributed by atoms with van der Waals surface area (Å²) in [6.07, 6.45) is 0. The molecule has 0 N–H and O–H groups in total. The molecule has 0 spiro atoms. The van der Waals surface area contributed by atoms with Gasteiger partial charge in [0.05, 0.1) is 10.8 Å². The summed E-state index contributed by atoms with van der Waals surface area (Å²) >= 11 is 6.23. The Morgan fingerprint density at radius 3 is 2.84 bits per heavy atom. The number of fused-ring (bicyclic) bond motifs is 5. The molecule has 0 saturated carbocycles. The largest absolute Gasteiger partial charge is 0.454 e. The van der Waals surface area contributed by atoms with Gasteiger partial charge in [-0.3, -0.25) is 0 Å². The number of halogens is 1. The Morgan fingerprint density at radius 1 is 1.05 bits per heavy atom. The minimum absolute atomic E-state index is 0.152. The molecule has 0 amide bonds. The van der Waals surface area contributed by atoms with Gasteiger partial charge in [0, 0.05) is 10.4 Å².